The van der Waals surface area contributed by atoms with Gasteiger partial charge in [0, 0.05) is 13.1 Å². The third-order valence-electron chi connectivity index (χ3n) is 5.25. The highest BCUT2D eigenvalue weighted by Crippen LogP contribution is 2.39. The summed E-state index contributed by atoms with van der Waals surface area (Å²) in [7, 11) is -3.45. The maximum absolute atomic E-state index is 12.8. The van der Waals surface area contributed by atoms with Crippen LogP contribution in [0, 0.1) is 5.92 Å². The van der Waals surface area contributed by atoms with Crippen LogP contribution < -0.4 is 5.73 Å². The molecule has 0 bridgehead atoms. The predicted molar refractivity (Wildman–Crippen MR) is 94.5 cm³/mol. The quantitative estimate of drug-likeness (QED) is 0.872. The van der Waals surface area contributed by atoms with Gasteiger partial charge in [-0.1, -0.05) is 12.1 Å². The highest BCUT2D eigenvalue weighted by Gasteiger charge is 2.39. The summed E-state index contributed by atoms with van der Waals surface area (Å²) in [4.78, 5) is 5.05. The van der Waals surface area contributed by atoms with Crippen LogP contribution >= 0.6 is 11.3 Å². The van der Waals surface area contributed by atoms with Gasteiger partial charge in [-0.2, -0.15) is 9.29 Å². The van der Waals surface area contributed by atoms with Crippen molar-refractivity contribution in [2.75, 3.05) is 13.1 Å². The van der Waals surface area contributed by atoms with Crippen molar-refractivity contribution >= 4 is 21.4 Å². The topological polar surface area (TPSA) is 102 Å². The van der Waals surface area contributed by atoms with Gasteiger partial charge in [0.05, 0.1) is 10.4 Å². The molecule has 2 aromatic rings. The number of rotatable bonds is 4. The number of hydrogen-bond donors (Lipinski definition) is 1. The minimum Gasteiger partial charge on any atom is -0.333 e. The Kier molecular flexibility index (Phi) is 4.22. The van der Waals surface area contributed by atoms with Crippen molar-refractivity contribution in [3.63, 3.8) is 0 Å². The molecule has 1 aliphatic carbocycles. The molecular formula is C16H22N4O3S2. The summed E-state index contributed by atoms with van der Waals surface area (Å²) in [6.45, 7) is 3.32. The average molecular weight is 383 g/mol. The zero-order chi connectivity index (χ0) is 17.7. The molecule has 0 amide bonds. The second-order valence-corrected chi connectivity index (χ2v) is 10.4. The summed E-state index contributed by atoms with van der Waals surface area (Å²) in [5.74, 6) is 1.43. The van der Waals surface area contributed by atoms with E-state index < -0.39 is 15.6 Å². The van der Waals surface area contributed by atoms with Crippen molar-refractivity contribution in [2.45, 2.75) is 48.8 Å². The molecule has 0 atom stereocenters. The standard InChI is InChI=1S/C16H22N4O3S2/c1-11-5-9-20(10-6-11)25(21,22)13-4-3-12(24-13)14-18-15(19-23-14)16(17)7-2-8-16/h3-4,11H,2,5-10,17H2,1H3. The van der Waals surface area contributed by atoms with Gasteiger partial charge in [-0.05, 0) is 50.2 Å². The molecule has 2 aliphatic rings. The van der Waals surface area contributed by atoms with Gasteiger partial charge in [-0.15, -0.1) is 11.3 Å². The lowest BCUT2D eigenvalue weighted by Crippen LogP contribution is -2.44. The number of nitrogens with two attached hydrogens (primary N) is 1. The molecule has 1 saturated heterocycles. The van der Waals surface area contributed by atoms with Gasteiger partial charge in [0.1, 0.15) is 4.21 Å². The van der Waals surface area contributed by atoms with E-state index in [1.54, 1.807) is 16.4 Å². The molecule has 2 fully saturated rings. The van der Waals surface area contributed by atoms with E-state index in [1.807, 2.05) is 0 Å². The van der Waals surface area contributed by atoms with Crippen LogP contribution in [0.3, 0.4) is 0 Å². The largest absolute Gasteiger partial charge is 0.333 e. The van der Waals surface area contributed by atoms with Gasteiger partial charge in [0.25, 0.3) is 15.9 Å². The molecule has 0 unspecified atom stereocenters. The van der Waals surface area contributed by atoms with Gasteiger partial charge in [0.2, 0.25) is 0 Å². The zero-order valence-electron chi connectivity index (χ0n) is 14.1. The van der Waals surface area contributed by atoms with Crippen LogP contribution in [0.1, 0.15) is 44.9 Å². The zero-order valence-corrected chi connectivity index (χ0v) is 15.8. The van der Waals surface area contributed by atoms with E-state index in [0.717, 1.165) is 32.1 Å². The number of thiophene rings is 1. The van der Waals surface area contributed by atoms with Gasteiger partial charge in [-0.3, -0.25) is 0 Å². The summed E-state index contributed by atoms with van der Waals surface area (Å²) in [5.41, 5.74) is 5.73. The van der Waals surface area contributed by atoms with Gasteiger partial charge < -0.3 is 10.3 Å². The number of nitrogens with zero attached hydrogens (tertiary/aromatic N) is 3. The smallest absolute Gasteiger partial charge is 0.268 e. The summed E-state index contributed by atoms with van der Waals surface area (Å²) in [6.07, 6.45) is 4.58. The second-order valence-electron chi connectivity index (χ2n) is 7.14. The van der Waals surface area contributed by atoms with Crippen LogP contribution in [0.4, 0.5) is 0 Å². The van der Waals surface area contributed by atoms with Crippen LogP contribution in [-0.2, 0) is 15.6 Å². The minimum absolute atomic E-state index is 0.322. The summed E-state index contributed by atoms with van der Waals surface area (Å²) in [5, 5.41) is 3.99. The first-order valence-corrected chi connectivity index (χ1v) is 10.9. The van der Waals surface area contributed by atoms with Crippen LogP contribution in [0.2, 0.25) is 0 Å². The lowest BCUT2D eigenvalue weighted by Gasteiger charge is -2.34. The number of hydrogen-bond acceptors (Lipinski definition) is 7. The maximum atomic E-state index is 12.8. The minimum atomic E-state index is -3.45. The summed E-state index contributed by atoms with van der Waals surface area (Å²) in [6, 6.07) is 3.35. The normalized spacial score (nSPS) is 22.0. The Hall–Kier alpha value is -1.29. The second kappa shape index (κ2) is 6.15. The molecule has 7 nitrogen and oxygen atoms in total. The first kappa shape index (κ1) is 17.1. The van der Waals surface area contributed by atoms with Crippen molar-refractivity contribution in [1.29, 1.82) is 0 Å². The number of piperidine rings is 1. The van der Waals surface area contributed by atoms with Crippen molar-refractivity contribution in [2.24, 2.45) is 11.7 Å². The van der Waals surface area contributed by atoms with E-state index in [-0.39, 0.29) is 0 Å². The van der Waals surface area contributed by atoms with Crippen molar-refractivity contribution in [3.05, 3.63) is 18.0 Å². The number of sulfonamides is 1. The van der Waals surface area contributed by atoms with Crippen LogP contribution in [0.25, 0.3) is 10.8 Å². The monoisotopic (exact) mass is 382 g/mol. The molecule has 2 N–H and O–H groups in total. The maximum Gasteiger partial charge on any atom is 0.268 e. The Bertz CT molecular complexity index is 862. The Balaban J connectivity index is 1.56. The highest BCUT2D eigenvalue weighted by molar-refractivity contribution is 7.91. The molecule has 0 spiro atoms. The van der Waals surface area contributed by atoms with Crippen molar-refractivity contribution in [1.82, 2.24) is 14.4 Å². The highest BCUT2D eigenvalue weighted by atomic mass is 32.2. The fourth-order valence-corrected chi connectivity index (χ4v) is 6.09. The van der Waals surface area contributed by atoms with Gasteiger partial charge >= 0.3 is 0 Å². The molecule has 1 saturated carbocycles. The molecule has 3 heterocycles. The molecular weight excluding hydrogens is 360 g/mol. The lowest BCUT2D eigenvalue weighted by molar-refractivity contribution is 0.229. The van der Waals surface area contributed by atoms with Crippen LogP contribution in [-0.4, -0.2) is 36.0 Å². The van der Waals surface area contributed by atoms with Gasteiger partial charge in [0.15, 0.2) is 5.82 Å². The average Bonchev–Trinajstić information content (AvgIpc) is 3.22. The molecule has 25 heavy (non-hydrogen) atoms. The van der Waals surface area contributed by atoms with E-state index >= 15 is 0 Å². The Morgan fingerprint density at radius 2 is 2.04 bits per heavy atom. The molecule has 4 rings (SSSR count). The molecule has 0 aromatic carbocycles. The van der Waals surface area contributed by atoms with Gasteiger partial charge in [-0.25, -0.2) is 8.42 Å². The third kappa shape index (κ3) is 3.03. The summed E-state index contributed by atoms with van der Waals surface area (Å²) < 4.78 is 32.8. The van der Waals surface area contributed by atoms with E-state index in [9.17, 15) is 8.42 Å². The Labute approximate surface area is 151 Å². The van der Waals surface area contributed by atoms with E-state index in [4.69, 9.17) is 10.3 Å². The van der Waals surface area contributed by atoms with E-state index in [0.29, 0.717) is 39.8 Å². The fraction of sp³-hybridized carbons (Fsp3) is 0.625. The SMILES string of the molecule is CC1CCN(S(=O)(=O)c2ccc(-c3nc(C4(N)CCC4)no3)s2)CC1. The van der Waals surface area contributed by atoms with Crippen LogP contribution in [0.15, 0.2) is 20.9 Å². The third-order valence-corrected chi connectivity index (χ3v) is 8.69. The Morgan fingerprint density at radius 1 is 1.32 bits per heavy atom. The van der Waals surface area contributed by atoms with Crippen LogP contribution in [0.5, 0.6) is 0 Å². The molecule has 1 aliphatic heterocycles. The molecule has 136 valence electrons. The van der Waals surface area contributed by atoms with Crippen molar-refractivity contribution < 1.29 is 12.9 Å². The molecule has 2 aromatic heterocycles. The molecule has 0 radical (unpaired) electrons. The predicted octanol–water partition coefficient (Wildman–Crippen LogP) is 2.56. The number of aromatic nitrogens is 2. The summed E-state index contributed by atoms with van der Waals surface area (Å²) >= 11 is 1.17. The molecule has 9 heteroatoms. The first-order chi connectivity index (χ1) is 11.9. The fourth-order valence-electron chi connectivity index (χ4n) is 3.23. The Morgan fingerprint density at radius 3 is 2.68 bits per heavy atom. The first-order valence-electron chi connectivity index (χ1n) is 8.62. The van der Waals surface area contributed by atoms with Crippen molar-refractivity contribution in [3.8, 4) is 10.8 Å². The lowest BCUT2D eigenvalue weighted by atomic mass is 9.77. The van der Waals surface area contributed by atoms with E-state index in [1.165, 1.54) is 11.3 Å². The van der Waals surface area contributed by atoms with E-state index in [2.05, 4.69) is 17.1 Å².